The molecule has 9 nitrogen and oxygen atoms in total. The molecule has 0 unspecified atom stereocenters. The van der Waals surface area contributed by atoms with Crippen LogP contribution in [0.4, 0.5) is 0 Å². The summed E-state index contributed by atoms with van der Waals surface area (Å²) in [5.74, 6) is -0.974. The van der Waals surface area contributed by atoms with Gasteiger partial charge in [0.05, 0.1) is 33.5 Å². The number of ether oxygens (including phenoxy) is 2. The van der Waals surface area contributed by atoms with Crippen molar-refractivity contribution < 1.29 is 24.2 Å². The molecule has 0 radical (unpaired) electrons. The maximum absolute atomic E-state index is 11.7. The van der Waals surface area contributed by atoms with Gasteiger partial charge in [0.25, 0.3) is 0 Å². The number of benzene rings is 1. The van der Waals surface area contributed by atoms with E-state index in [1.165, 1.54) is 25.3 Å². The summed E-state index contributed by atoms with van der Waals surface area (Å²) in [6.07, 6.45) is 3.72. The van der Waals surface area contributed by atoms with Crippen LogP contribution in [0.3, 0.4) is 0 Å². The number of methoxy groups -OCH3 is 2. The minimum atomic E-state index is -0.493. The number of hydrazone groups is 1. The average Bonchev–Trinajstić information content (AvgIpc) is 3.25. The summed E-state index contributed by atoms with van der Waals surface area (Å²) >= 11 is 5.32. The highest BCUT2D eigenvalue weighted by Gasteiger charge is 2.19. The number of rotatable bonds is 8. The lowest BCUT2D eigenvalue weighted by Gasteiger charge is -2.21. The SMILES string of the molecule is COC(=O)CN(CC(=O)OC)Cc1cc(C)cc(/C=N/NC(=S)N2CCCC2)c1O. The normalized spacial score (nSPS) is 13.7. The number of likely N-dealkylation sites (tertiary alicyclic amines) is 1. The lowest BCUT2D eigenvalue weighted by molar-refractivity contribution is -0.145. The van der Waals surface area contributed by atoms with Gasteiger partial charge < -0.3 is 19.5 Å². The molecule has 10 heteroatoms. The summed E-state index contributed by atoms with van der Waals surface area (Å²) in [5.41, 5.74) is 4.77. The molecule has 164 valence electrons. The van der Waals surface area contributed by atoms with E-state index in [-0.39, 0.29) is 25.4 Å². The highest BCUT2D eigenvalue weighted by Crippen LogP contribution is 2.25. The molecule has 0 bridgehead atoms. The molecule has 0 aromatic heterocycles. The van der Waals surface area contributed by atoms with E-state index in [1.54, 1.807) is 12.1 Å². The first kappa shape index (κ1) is 23.6. The standard InChI is InChI=1S/C20H28N4O5S/c1-14-8-15(10-21-22-20(30)24-6-4-5-7-24)19(27)16(9-14)11-23(12-17(25)28-2)13-18(26)29-3/h8-10,27H,4-7,11-13H2,1-3H3,(H,22,30)/b21-10+. The van der Waals surface area contributed by atoms with Crippen LogP contribution in [-0.2, 0) is 25.6 Å². The predicted octanol–water partition coefficient (Wildman–Crippen LogP) is 1.15. The maximum Gasteiger partial charge on any atom is 0.319 e. The van der Waals surface area contributed by atoms with Gasteiger partial charge in [-0.15, -0.1) is 0 Å². The first-order valence-electron chi connectivity index (χ1n) is 9.60. The summed E-state index contributed by atoms with van der Waals surface area (Å²) in [7, 11) is 2.55. The van der Waals surface area contributed by atoms with E-state index in [0.29, 0.717) is 16.2 Å². The van der Waals surface area contributed by atoms with E-state index in [2.05, 4.69) is 20.0 Å². The molecule has 1 aliphatic heterocycles. The molecule has 0 amide bonds. The summed E-state index contributed by atoms with van der Waals surface area (Å²) in [6, 6.07) is 3.57. The molecule has 2 rings (SSSR count). The van der Waals surface area contributed by atoms with Crippen LogP contribution in [0.25, 0.3) is 0 Å². The molecule has 1 heterocycles. The van der Waals surface area contributed by atoms with Crippen molar-refractivity contribution >= 4 is 35.5 Å². The van der Waals surface area contributed by atoms with Crippen LogP contribution in [0.15, 0.2) is 17.2 Å². The summed E-state index contributed by atoms with van der Waals surface area (Å²) in [5, 5.41) is 15.4. The Kier molecular flexibility index (Phi) is 9.00. The second kappa shape index (κ2) is 11.5. The van der Waals surface area contributed by atoms with Crippen LogP contribution < -0.4 is 5.43 Å². The number of hydrogen-bond acceptors (Lipinski definition) is 8. The van der Waals surface area contributed by atoms with E-state index in [0.717, 1.165) is 31.5 Å². The number of carbonyl (C=O) groups excluding carboxylic acids is 2. The van der Waals surface area contributed by atoms with Crippen molar-refractivity contribution in [3.8, 4) is 5.75 Å². The van der Waals surface area contributed by atoms with Crippen molar-refractivity contribution in [2.75, 3.05) is 40.4 Å². The second-order valence-corrected chi connectivity index (χ2v) is 7.42. The fraction of sp³-hybridized carbons (Fsp3) is 0.500. The van der Waals surface area contributed by atoms with E-state index in [9.17, 15) is 14.7 Å². The second-order valence-electron chi connectivity index (χ2n) is 7.03. The van der Waals surface area contributed by atoms with Crippen molar-refractivity contribution in [2.24, 2.45) is 5.10 Å². The molecule has 0 aliphatic carbocycles. The van der Waals surface area contributed by atoms with E-state index in [4.69, 9.17) is 12.2 Å². The molecule has 1 fully saturated rings. The Morgan fingerprint density at radius 1 is 1.23 bits per heavy atom. The third-order valence-electron chi connectivity index (χ3n) is 4.67. The Morgan fingerprint density at radius 3 is 2.40 bits per heavy atom. The Labute approximate surface area is 181 Å². The lowest BCUT2D eigenvalue weighted by Crippen LogP contribution is -2.35. The Hall–Kier alpha value is -2.72. The third-order valence-corrected chi connectivity index (χ3v) is 5.02. The highest BCUT2D eigenvalue weighted by molar-refractivity contribution is 7.80. The first-order valence-corrected chi connectivity index (χ1v) is 10.0. The first-order chi connectivity index (χ1) is 14.3. The van der Waals surface area contributed by atoms with Gasteiger partial charge in [0, 0.05) is 30.8 Å². The smallest absolute Gasteiger partial charge is 0.319 e. The monoisotopic (exact) mass is 436 g/mol. The van der Waals surface area contributed by atoms with Crippen molar-refractivity contribution in [1.82, 2.24) is 15.2 Å². The predicted molar refractivity (Wildman–Crippen MR) is 116 cm³/mol. The summed E-state index contributed by atoms with van der Waals surface area (Å²) < 4.78 is 9.38. The number of phenolic OH excluding ortho intramolecular Hbond substituents is 1. The number of nitrogens with zero attached hydrogens (tertiary/aromatic N) is 3. The Balaban J connectivity index is 2.14. The van der Waals surface area contributed by atoms with Gasteiger partial charge in [0.15, 0.2) is 5.11 Å². The van der Waals surface area contributed by atoms with Gasteiger partial charge in [0.2, 0.25) is 0 Å². The van der Waals surface area contributed by atoms with Crippen LogP contribution in [0.1, 0.15) is 29.5 Å². The van der Waals surface area contributed by atoms with Gasteiger partial charge in [-0.05, 0) is 43.6 Å². The van der Waals surface area contributed by atoms with E-state index < -0.39 is 11.9 Å². The van der Waals surface area contributed by atoms with Crippen molar-refractivity contribution in [3.05, 3.63) is 28.8 Å². The number of phenols is 1. The number of esters is 2. The van der Waals surface area contributed by atoms with Crippen LogP contribution in [0, 0.1) is 6.92 Å². The Morgan fingerprint density at radius 2 is 1.83 bits per heavy atom. The molecule has 1 saturated heterocycles. The van der Waals surface area contributed by atoms with Crippen LogP contribution in [0.5, 0.6) is 5.75 Å². The number of thiocarbonyl (C=S) groups is 1. The zero-order valence-corrected chi connectivity index (χ0v) is 18.3. The molecule has 0 spiro atoms. The molecule has 0 atom stereocenters. The third kappa shape index (κ3) is 6.96. The minimum absolute atomic E-state index is 0.0120. The zero-order valence-electron chi connectivity index (χ0n) is 17.5. The lowest BCUT2D eigenvalue weighted by atomic mass is 10.0. The topological polar surface area (TPSA) is 104 Å². The number of nitrogens with one attached hydrogen (secondary N) is 1. The van der Waals surface area contributed by atoms with Crippen LogP contribution >= 0.6 is 12.2 Å². The fourth-order valence-corrected chi connectivity index (χ4v) is 3.39. The number of aromatic hydroxyl groups is 1. The minimum Gasteiger partial charge on any atom is -0.507 e. The molecule has 1 aromatic carbocycles. The molecule has 0 saturated carbocycles. The highest BCUT2D eigenvalue weighted by atomic mass is 32.1. The van der Waals surface area contributed by atoms with Crippen LogP contribution in [0.2, 0.25) is 0 Å². The van der Waals surface area contributed by atoms with Crippen molar-refractivity contribution in [3.63, 3.8) is 0 Å². The molecule has 30 heavy (non-hydrogen) atoms. The number of hydrogen-bond donors (Lipinski definition) is 2. The molecule has 1 aromatic rings. The molecule has 2 N–H and O–H groups in total. The quantitative estimate of drug-likeness (QED) is 0.269. The van der Waals surface area contributed by atoms with Crippen LogP contribution in [-0.4, -0.2) is 78.6 Å². The van der Waals surface area contributed by atoms with E-state index in [1.807, 2.05) is 11.8 Å². The fourth-order valence-electron chi connectivity index (χ4n) is 3.15. The van der Waals surface area contributed by atoms with Gasteiger partial charge in [-0.2, -0.15) is 5.10 Å². The van der Waals surface area contributed by atoms with Gasteiger partial charge in [-0.25, -0.2) is 0 Å². The van der Waals surface area contributed by atoms with Gasteiger partial charge >= 0.3 is 11.9 Å². The Bertz CT molecular complexity index is 791. The molecular formula is C20H28N4O5S. The maximum atomic E-state index is 11.7. The molecule has 1 aliphatic rings. The van der Waals surface area contributed by atoms with Crippen molar-refractivity contribution in [1.29, 1.82) is 0 Å². The largest absolute Gasteiger partial charge is 0.507 e. The van der Waals surface area contributed by atoms with E-state index >= 15 is 0 Å². The number of aryl methyl sites for hydroxylation is 1. The zero-order chi connectivity index (χ0) is 22.1. The van der Waals surface area contributed by atoms with Gasteiger partial charge in [0.1, 0.15) is 5.75 Å². The molecular weight excluding hydrogens is 408 g/mol. The average molecular weight is 437 g/mol. The number of carbonyl (C=O) groups is 2. The summed E-state index contributed by atoms with van der Waals surface area (Å²) in [6.45, 7) is 3.63. The summed E-state index contributed by atoms with van der Waals surface area (Å²) in [4.78, 5) is 27.0. The van der Waals surface area contributed by atoms with Gasteiger partial charge in [-0.1, -0.05) is 6.07 Å². The van der Waals surface area contributed by atoms with Crippen molar-refractivity contribution in [2.45, 2.75) is 26.3 Å². The van der Waals surface area contributed by atoms with Gasteiger partial charge in [-0.3, -0.25) is 19.9 Å².